The molecule has 4 amide bonds. The van der Waals surface area contributed by atoms with Gasteiger partial charge in [0, 0.05) is 51.0 Å². The summed E-state index contributed by atoms with van der Waals surface area (Å²) in [5, 5.41) is 5.09. The number of carbonyl (C=O) groups is 6. The zero-order chi connectivity index (χ0) is 52.6. The van der Waals surface area contributed by atoms with E-state index in [0.717, 1.165) is 55.6 Å². The van der Waals surface area contributed by atoms with Crippen molar-refractivity contribution in [1.29, 1.82) is 0 Å². The van der Waals surface area contributed by atoms with Crippen LogP contribution in [0, 0.1) is 0 Å². The van der Waals surface area contributed by atoms with Crippen molar-refractivity contribution in [3.05, 3.63) is 12.2 Å². The van der Waals surface area contributed by atoms with E-state index >= 15 is 0 Å². The Hall–Kier alpha value is -2.21. The Bertz CT molecular complexity index is 1490. The number of nitrogens with zero attached hydrogens (tertiary/aromatic N) is 1. The molecule has 0 saturated carbocycles. The third kappa shape index (κ3) is 45.7. The number of ether oxygens (including phenoxy) is 4. The van der Waals surface area contributed by atoms with Gasteiger partial charge in [0.05, 0.1) is 33.0 Å². The molecule has 0 fully saturated rings. The average molecular weight is 1070 g/mol. The Morgan fingerprint density at radius 3 is 1.41 bits per heavy atom. The van der Waals surface area contributed by atoms with E-state index < -0.39 is 56.8 Å². The molecule has 0 radical (unpaired) electrons. The Kier molecular flexibility index (Phi) is 49.1. The van der Waals surface area contributed by atoms with Crippen LogP contribution in [0.4, 0.5) is 0 Å². The summed E-state index contributed by atoms with van der Waals surface area (Å²) in [6.45, 7) is 3.19. The molecule has 1 unspecified atom stereocenters. The number of nitrogens with one attached hydrogen (secondary N) is 2. The van der Waals surface area contributed by atoms with Crippen molar-refractivity contribution >= 4 is 43.4 Å². The largest absolute Gasteiger partial charge is 1.00 e. The molecule has 73 heavy (non-hydrogen) atoms. The van der Waals surface area contributed by atoms with E-state index in [9.17, 15) is 38.2 Å². The molecule has 0 spiro atoms. The van der Waals surface area contributed by atoms with Gasteiger partial charge in [-0.1, -0.05) is 194 Å². The van der Waals surface area contributed by atoms with Crippen LogP contribution in [0.5, 0.6) is 0 Å². The Morgan fingerprint density at radius 2 is 0.932 bits per heavy atom. The minimum Gasteiger partial charge on any atom is -0.756 e. The molecular weight excluding hydrogens is 969 g/mol. The summed E-state index contributed by atoms with van der Waals surface area (Å²) in [6.07, 6.45) is 37.7. The second-order valence-electron chi connectivity index (χ2n) is 19.0. The van der Waals surface area contributed by atoms with Crippen LogP contribution in [-0.2, 0) is 61.3 Å². The molecule has 0 aromatic rings. The first-order chi connectivity index (χ1) is 35.0. The van der Waals surface area contributed by atoms with Gasteiger partial charge >= 0.3 is 41.5 Å². The number of phosphoric ester groups is 1. The van der Waals surface area contributed by atoms with Crippen molar-refractivity contribution in [2.45, 2.75) is 232 Å². The standard InChI is InChI=1S/C54H98N3O14P.Na/c1-3-5-7-9-11-13-15-17-19-21-23-25-27-29-31-33-53(62)68-45-48(71-54(63)34-32-30-28-26-24-22-20-18-16-14-12-10-8-6-4-2)46-70-72(64,65)69-42-39-56-50(59)47-67-44-43-66-41-38-55-49(58)37-40-57-51(60)35-36-52(57)61;/h35-36,48H,3-34,37-47H2,1-2H3,(H,55,58)(H,56,59)(H,64,65);/q;+1/p-1/t48-;/m1./s1. The smallest absolute Gasteiger partial charge is 0.756 e. The third-order valence-corrected chi connectivity index (χ3v) is 13.4. The number of amides is 4. The van der Waals surface area contributed by atoms with Gasteiger partial charge in [-0.05, 0) is 12.8 Å². The fourth-order valence-electron chi connectivity index (χ4n) is 8.11. The average Bonchev–Trinajstić information content (AvgIpc) is 3.68. The van der Waals surface area contributed by atoms with Crippen molar-refractivity contribution in [2.24, 2.45) is 0 Å². The summed E-state index contributed by atoms with van der Waals surface area (Å²) < 4.78 is 44.1. The van der Waals surface area contributed by atoms with Gasteiger partial charge in [0.2, 0.25) is 11.8 Å². The third-order valence-electron chi connectivity index (χ3n) is 12.4. The van der Waals surface area contributed by atoms with Gasteiger partial charge in [0.15, 0.2) is 6.10 Å². The number of rotatable bonds is 53. The fourth-order valence-corrected chi connectivity index (χ4v) is 8.85. The van der Waals surface area contributed by atoms with Gasteiger partial charge in [-0.2, -0.15) is 0 Å². The number of hydrogen-bond acceptors (Lipinski definition) is 14. The second-order valence-corrected chi connectivity index (χ2v) is 20.5. The summed E-state index contributed by atoms with van der Waals surface area (Å²) >= 11 is 0. The zero-order valence-corrected chi connectivity index (χ0v) is 48.6. The normalized spacial score (nSPS) is 13.4. The Morgan fingerprint density at radius 1 is 0.521 bits per heavy atom. The first kappa shape index (κ1) is 70.8. The molecule has 0 bridgehead atoms. The van der Waals surface area contributed by atoms with Gasteiger partial charge < -0.3 is 43.5 Å². The molecule has 0 aliphatic carbocycles. The molecule has 2 atom stereocenters. The summed E-state index contributed by atoms with van der Waals surface area (Å²) in [6, 6.07) is 0. The number of esters is 2. The first-order valence-electron chi connectivity index (χ1n) is 28.1. The van der Waals surface area contributed by atoms with Crippen molar-refractivity contribution in [1.82, 2.24) is 15.5 Å². The van der Waals surface area contributed by atoms with E-state index in [0.29, 0.717) is 12.8 Å². The maximum atomic E-state index is 12.8. The summed E-state index contributed by atoms with van der Waals surface area (Å²) in [5.74, 6) is -2.74. The van der Waals surface area contributed by atoms with Crippen LogP contribution in [0.15, 0.2) is 12.2 Å². The zero-order valence-electron chi connectivity index (χ0n) is 45.7. The molecule has 1 heterocycles. The fraction of sp³-hybridized carbons (Fsp3) is 0.852. The number of unbranched alkanes of at least 4 members (excludes halogenated alkanes) is 28. The van der Waals surface area contributed by atoms with E-state index in [1.54, 1.807) is 0 Å². The van der Waals surface area contributed by atoms with Crippen molar-refractivity contribution < 1.29 is 95.8 Å². The molecule has 2 N–H and O–H groups in total. The minimum atomic E-state index is -4.90. The van der Waals surface area contributed by atoms with Gasteiger partial charge in [-0.25, -0.2) is 0 Å². The predicted octanol–water partition coefficient (Wildman–Crippen LogP) is 7.05. The van der Waals surface area contributed by atoms with Crippen molar-refractivity contribution in [3.63, 3.8) is 0 Å². The summed E-state index contributed by atoms with van der Waals surface area (Å²) in [5.41, 5.74) is 0. The van der Waals surface area contributed by atoms with E-state index in [1.165, 1.54) is 141 Å². The summed E-state index contributed by atoms with van der Waals surface area (Å²) in [4.78, 5) is 86.2. The van der Waals surface area contributed by atoms with Crippen LogP contribution in [-0.4, -0.2) is 112 Å². The topological polar surface area (TPSA) is 225 Å². The van der Waals surface area contributed by atoms with Crippen LogP contribution < -0.4 is 45.1 Å². The first-order valence-corrected chi connectivity index (χ1v) is 29.6. The van der Waals surface area contributed by atoms with Gasteiger partial charge in [-0.3, -0.25) is 38.2 Å². The van der Waals surface area contributed by atoms with Gasteiger partial charge in [0.1, 0.15) is 13.2 Å². The second kappa shape index (κ2) is 50.6. The van der Waals surface area contributed by atoms with Crippen LogP contribution in [0.25, 0.3) is 0 Å². The van der Waals surface area contributed by atoms with Crippen LogP contribution >= 0.6 is 7.82 Å². The van der Waals surface area contributed by atoms with E-state index in [4.69, 9.17) is 28.0 Å². The molecule has 1 aliphatic heterocycles. The van der Waals surface area contributed by atoms with Crippen LogP contribution in [0.1, 0.15) is 226 Å². The maximum Gasteiger partial charge on any atom is 1.00 e. The van der Waals surface area contributed by atoms with Crippen LogP contribution in [0.2, 0.25) is 0 Å². The molecule has 0 aromatic heterocycles. The molecule has 418 valence electrons. The molecule has 0 saturated heterocycles. The van der Waals surface area contributed by atoms with Gasteiger partial charge in [0.25, 0.3) is 19.6 Å². The SMILES string of the molecule is CCCCCCCCCCCCCCCCCC(=O)OC[C@H](COP(=O)([O-])OCCNC(=O)COCCOCCNC(=O)CCN1C(=O)C=CC1=O)OC(=O)CCCCCCCCCCCCCCCCC.[Na+]. The predicted molar refractivity (Wildman–Crippen MR) is 278 cm³/mol. The Labute approximate surface area is 462 Å². The molecule has 17 nitrogen and oxygen atoms in total. The quantitative estimate of drug-likeness (QED) is 0.0205. The Balaban J connectivity index is 0.0000518. The maximum absolute atomic E-state index is 12.8. The van der Waals surface area contributed by atoms with E-state index in [-0.39, 0.29) is 107 Å². The van der Waals surface area contributed by atoms with Crippen molar-refractivity contribution in [2.75, 3.05) is 65.9 Å². The monoisotopic (exact) mass is 1070 g/mol. The van der Waals surface area contributed by atoms with Crippen molar-refractivity contribution in [3.8, 4) is 0 Å². The summed E-state index contributed by atoms with van der Waals surface area (Å²) in [7, 11) is -4.90. The molecule has 0 aromatic carbocycles. The van der Waals surface area contributed by atoms with Gasteiger partial charge in [-0.15, -0.1) is 0 Å². The number of imide groups is 1. The van der Waals surface area contributed by atoms with E-state index in [2.05, 4.69) is 24.5 Å². The minimum absolute atomic E-state index is 0. The molecule has 1 aliphatic rings. The van der Waals surface area contributed by atoms with E-state index in [1.807, 2.05) is 0 Å². The molecular formula is C54H97N3NaO14P. The van der Waals surface area contributed by atoms with Crippen LogP contribution in [0.3, 0.4) is 0 Å². The molecule has 1 rings (SSSR count). The number of phosphoric acid groups is 1. The number of hydrogen-bond donors (Lipinski definition) is 2. The molecule has 19 heteroatoms. The number of carbonyl (C=O) groups excluding carboxylic acids is 6.